The molecule has 1 atom stereocenters. The molecule has 1 aliphatic rings. The first-order chi connectivity index (χ1) is 15.2. The number of hydrogen-bond donors (Lipinski definition) is 2. The molecule has 0 saturated heterocycles. The van der Waals surface area contributed by atoms with E-state index in [1.165, 1.54) is 6.20 Å². The lowest BCUT2D eigenvalue weighted by Crippen LogP contribution is -2.35. The van der Waals surface area contributed by atoms with Crippen LogP contribution in [0.15, 0.2) is 59.6 Å². The minimum absolute atomic E-state index is 0.0961. The van der Waals surface area contributed by atoms with Crippen molar-refractivity contribution in [1.82, 2.24) is 15.3 Å². The monoisotopic (exact) mass is 490 g/mol. The van der Waals surface area contributed by atoms with Crippen molar-refractivity contribution >= 4 is 43.2 Å². The molecule has 0 aliphatic carbocycles. The highest BCUT2D eigenvalue weighted by molar-refractivity contribution is 8.72. The Labute approximate surface area is 194 Å². The smallest absolute Gasteiger partial charge is 0.405 e. The Morgan fingerprint density at radius 1 is 1.22 bits per heavy atom. The average Bonchev–Trinajstić information content (AvgIpc) is 2.75. The molecule has 4 rings (SSSR count). The Bertz CT molecular complexity index is 1270. The van der Waals surface area contributed by atoms with E-state index in [0.717, 1.165) is 16.5 Å². The van der Waals surface area contributed by atoms with Crippen molar-refractivity contribution in [3.05, 3.63) is 71.1 Å². The summed E-state index contributed by atoms with van der Waals surface area (Å²) in [6, 6.07) is 13.3. The molecule has 11 heteroatoms. The molecule has 166 valence electrons. The minimum Gasteiger partial charge on any atom is -0.465 e. The lowest BCUT2D eigenvalue weighted by Gasteiger charge is -2.34. The molecule has 0 spiro atoms. The molecule has 2 aromatic carbocycles. The van der Waals surface area contributed by atoms with Crippen LogP contribution in [0.5, 0.6) is 0 Å². The van der Waals surface area contributed by atoms with Crippen molar-refractivity contribution in [1.29, 1.82) is 0 Å². The van der Waals surface area contributed by atoms with Crippen LogP contribution >= 0.6 is 22.6 Å². The molecule has 0 bridgehead atoms. The summed E-state index contributed by atoms with van der Waals surface area (Å²) in [6.07, 6.45) is 0.822. The molecule has 3 aromatic rings. The fraction of sp³-hybridized carbons (Fsp3) is 0.190. The minimum atomic E-state index is -3.68. The van der Waals surface area contributed by atoms with Gasteiger partial charge in [0.25, 0.3) is 0 Å². The topological polar surface area (TPSA) is 112 Å². The van der Waals surface area contributed by atoms with Crippen LogP contribution in [-0.4, -0.2) is 36.1 Å². The van der Waals surface area contributed by atoms with Crippen molar-refractivity contribution in [3.8, 4) is 11.3 Å². The van der Waals surface area contributed by atoms with Crippen LogP contribution in [0.2, 0.25) is 5.28 Å². The maximum Gasteiger partial charge on any atom is 0.405 e. The summed E-state index contributed by atoms with van der Waals surface area (Å²) in [5.74, 6) is 0. The van der Waals surface area contributed by atoms with Crippen LogP contribution in [0, 0.1) is 6.92 Å². The van der Waals surface area contributed by atoms with Crippen LogP contribution in [-0.2, 0) is 8.87 Å². The van der Waals surface area contributed by atoms with Crippen molar-refractivity contribution in [3.63, 3.8) is 0 Å². The van der Waals surface area contributed by atoms with Crippen molar-refractivity contribution in [2.45, 2.75) is 24.3 Å². The molecule has 2 N–H and O–H groups in total. The number of fused-ring (bicyclic) bond motifs is 1. The number of halogens is 1. The van der Waals surface area contributed by atoms with Gasteiger partial charge >= 0.3 is 6.09 Å². The number of carbonyl (C=O) groups is 1. The first kappa shape index (κ1) is 22.4. The van der Waals surface area contributed by atoms with Gasteiger partial charge < -0.3 is 14.7 Å². The zero-order valence-electron chi connectivity index (χ0n) is 16.9. The second-order valence-corrected chi connectivity index (χ2v) is 11.3. The highest BCUT2D eigenvalue weighted by atomic mass is 35.5. The molecule has 0 radical (unpaired) electrons. The van der Waals surface area contributed by atoms with Crippen molar-refractivity contribution in [2.75, 3.05) is 10.8 Å². The van der Waals surface area contributed by atoms with E-state index in [1.54, 1.807) is 52.8 Å². The van der Waals surface area contributed by atoms with E-state index < -0.39 is 21.0 Å². The number of nitrogens with one attached hydrogen (secondary N) is 1. The maximum atomic E-state index is 13.1. The Kier molecular flexibility index (Phi) is 6.27. The van der Waals surface area contributed by atoms with Gasteiger partial charge in [-0.2, -0.15) is 0 Å². The first-order valence-electron chi connectivity index (χ1n) is 9.64. The van der Waals surface area contributed by atoms with Crippen LogP contribution in [0.3, 0.4) is 0 Å². The van der Waals surface area contributed by atoms with E-state index in [1.807, 2.05) is 6.92 Å². The van der Waals surface area contributed by atoms with Gasteiger partial charge in [-0.3, -0.25) is 0 Å². The van der Waals surface area contributed by atoms with Crippen molar-refractivity contribution < 1.29 is 18.3 Å². The number of amides is 1. The largest absolute Gasteiger partial charge is 0.465 e. The standard InChI is InChI=1S/C21H19ClN4O4S2/c1-13-2-5-15(6-3-13)32(29,30)31-26-11-9-18(25-21(27)28)16-7-4-14(12-19(16)26)17-8-10-23-20(22)24-17/h2-8,10,12,18,25H,9,11H2,1H3,(H,27,28). The summed E-state index contributed by atoms with van der Waals surface area (Å²) in [7, 11) is -2.96. The van der Waals surface area contributed by atoms with Gasteiger partial charge in [0.1, 0.15) is 0 Å². The average molecular weight is 491 g/mol. The fourth-order valence-electron chi connectivity index (χ4n) is 3.47. The highest BCUT2D eigenvalue weighted by Crippen LogP contribution is 2.42. The number of nitrogens with zero attached hydrogens (tertiary/aromatic N) is 3. The van der Waals surface area contributed by atoms with Gasteiger partial charge in [-0.15, -0.1) is 0 Å². The predicted octanol–water partition coefficient (Wildman–Crippen LogP) is 4.66. The molecule has 1 aromatic heterocycles. The summed E-state index contributed by atoms with van der Waals surface area (Å²) in [5, 5.41) is 11.8. The van der Waals surface area contributed by atoms with E-state index >= 15 is 0 Å². The summed E-state index contributed by atoms with van der Waals surface area (Å²) in [6.45, 7) is 2.22. The molecular weight excluding hydrogens is 472 g/mol. The second kappa shape index (κ2) is 8.97. The molecule has 1 unspecified atom stereocenters. The van der Waals surface area contributed by atoms with E-state index in [9.17, 15) is 18.3 Å². The van der Waals surface area contributed by atoms with Gasteiger partial charge in [0, 0.05) is 18.3 Å². The third-order valence-electron chi connectivity index (χ3n) is 5.01. The quantitative estimate of drug-likeness (QED) is 0.301. The fourth-order valence-corrected chi connectivity index (χ4v) is 6.60. The lowest BCUT2D eigenvalue weighted by molar-refractivity contribution is 0.189. The van der Waals surface area contributed by atoms with Gasteiger partial charge in [-0.05, 0) is 54.8 Å². The first-order valence-corrected chi connectivity index (χ1v) is 12.8. The zero-order valence-corrected chi connectivity index (χ0v) is 19.3. The Morgan fingerprint density at radius 3 is 2.66 bits per heavy atom. The molecule has 1 aliphatic heterocycles. The zero-order chi connectivity index (χ0) is 22.9. The molecule has 2 heterocycles. The molecular formula is C21H19ClN4O4S2. The Hall–Kier alpha value is -2.82. The number of anilines is 1. The summed E-state index contributed by atoms with van der Waals surface area (Å²) in [5.41, 5.74) is 3.54. The molecule has 8 nitrogen and oxygen atoms in total. The third-order valence-corrected chi connectivity index (χ3v) is 8.51. The maximum absolute atomic E-state index is 13.1. The number of hydrogen-bond acceptors (Lipinski definition) is 7. The number of carboxylic acid groups (broad SMARTS) is 1. The molecule has 0 saturated carbocycles. The van der Waals surface area contributed by atoms with Gasteiger partial charge in [0.2, 0.25) is 14.2 Å². The lowest BCUT2D eigenvalue weighted by atomic mass is 9.95. The van der Waals surface area contributed by atoms with Gasteiger partial charge in [0.15, 0.2) is 0 Å². The van der Waals surface area contributed by atoms with Gasteiger partial charge in [-0.25, -0.2) is 23.2 Å². The normalized spacial score (nSPS) is 15.8. The molecule has 1 amide bonds. The third kappa shape index (κ3) is 4.82. The summed E-state index contributed by atoms with van der Waals surface area (Å²) < 4.78 is 27.8. The van der Waals surface area contributed by atoms with Crippen LogP contribution in [0.1, 0.15) is 23.6 Å². The van der Waals surface area contributed by atoms with Crippen LogP contribution < -0.4 is 9.62 Å². The van der Waals surface area contributed by atoms with E-state index in [0.29, 0.717) is 35.5 Å². The highest BCUT2D eigenvalue weighted by Gasteiger charge is 2.31. The number of aryl methyl sites for hydroxylation is 1. The Balaban J connectivity index is 1.74. The number of aromatic nitrogens is 2. The predicted molar refractivity (Wildman–Crippen MR) is 124 cm³/mol. The molecule has 32 heavy (non-hydrogen) atoms. The number of rotatable bonds is 5. The van der Waals surface area contributed by atoms with E-state index in [2.05, 4.69) is 15.3 Å². The summed E-state index contributed by atoms with van der Waals surface area (Å²) >= 11 is 5.92. The SMILES string of the molecule is Cc1ccc(S(=O)(=O)SN2CCC(NC(=O)O)c3ccc(-c4ccnc(Cl)n4)cc32)cc1. The van der Waals surface area contributed by atoms with E-state index in [4.69, 9.17) is 11.6 Å². The van der Waals surface area contributed by atoms with Crippen LogP contribution in [0.4, 0.5) is 10.5 Å². The summed E-state index contributed by atoms with van der Waals surface area (Å²) in [4.78, 5) is 19.6. The number of benzene rings is 2. The van der Waals surface area contributed by atoms with Gasteiger partial charge in [-0.1, -0.05) is 29.8 Å². The van der Waals surface area contributed by atoms with E-state index in [-0.39, 0.29) is 10.2 Å². The van der Waals surface area contributed by atoms with Gasteiger partial charge in [0.05, 0.1) is 33.3 Å². The van der Waals surface area contributed by atoms with Crippen molar-refractivity contribution in [2.24, 2.45) is 0 Å². The van der Waals surface area contributed by atoms with Crippen LogP contribution in [0.25, 0.3) is 11.3 Å². The molecule has 0 fully saturated rings. The Morgan fingerprint density at radius 2 is 1.97 bits per heavy atom. The second-order valence-electron chi connectivity index (χ2n) is 7.22.